The number of aldehydes is 1. The summed E-state index contributed by atoms with van der Waals surface area (Å²) < 4.78 is 5.62. The van der Waals surface area contributed by atoms with Gasteiger partial charge in [-0.3, -0.25) is 4.79 Å². The van der Waals surface area contributed by atoms with Gasteiger partial charge in [0.2, 0.25) is 0 Å². The Balaban J connectivity index is 2.26. The first-order valence-electron chi connectivity index (χ1n) is 6.06. The van der Waals surface area contributed by atoms with Crippen LogP contribution in [0.25, 0.3) is 0 Å². The summed E-state index contributed by atoms with van der Waals surface area (Å²) in [6.45, 7) is 7.89. The molecule has 2 rings (SSSR count). The van der Waals surface area contributed by atoms with E-state index >= 15 is 0 Å². The summed E-state index contributed by atoms with van der Waals surface area (Å²) in [5.41, 5.74) is 2.97. The number of carbonyl (C=O) groups excluding carboxylic acids is 1. The fraction of sp³-hybridized carbons (Fsp3) is 0.500. The molecule has 0 amide bonds. The lowest BCUT2D eigenvalue weighted by atomic mass is 10.1. The minimum Gasteiger partial charge on any atom is -0.375 e. The molecule has 0 radical (unpaired) electrons. The predicted molar refractivity (Wildman–Crippen MR) is 68.8 cm³/mol. The summed E-state index contributed by atoms with van der Waals surface area (Å²) in [5, 5.41) is 0. The third-order valence-electron chi connectivity index (χ3n) is 3.32. The summed E-state index contributed by atoms with van der Waals surface area (Å²) in [5.74, 6) is 0. The molecule has 2 atom stereocenters. The second-order valence-corrected chi connectivity index (χ2v) is 4.80. The smallest absolute Gasteiger partial charge is 0.150 e. The molecular weight excluding hydrogens is 214 g/mol. The van der Waals surface area contributed by atoms with Crippen molar-refractivity contribution in [1.82, 2.24) is 0 Å². The number of carbonyl (C=O) groups is 1. The van der Waals surface area contributed by atoms with Crippen molar-refractivity contribution >= 4 is 12.0 Å². The Morgan fingerprint density at radius 3 is 2.82 bits per heavy atom. The van der Waals surface area contributed by atoms with E-state index in [0.717, 1.165) is 30.6 Å². The second-order valence-electron chi connectivity index (χ2n) is 4.80. The highest BCUT2D eigenvalue weighted by molar-refractivity contribution is 5.78. The van der Waals surface area contributed by atoms with Gasteiger partial charge in [0.25, 0.3) is 0 Å². The standard InChI is InChI=1S/C14H19NO2/c1-10-6-14(5-4-13(10)8-16)15-7-12(3)17-9-11(15)2/h4-6,8,11-12H,7,9H2,1-3H3. The zero-order valence-electron chi connectivity index (χ0n) is 10.6. The third-order valence-corrected chi connectivity index (χ3v) is 3.32. The van der Waals surface area contributed by atoms with Crippen LogP contribution in [0, 0.1) is 6.92 Å². The maximum Gasteiger partial charge on any atom is 0.150 e. The van der Waals surface area contributed by atoms with E-state index in [1.54, 1.807) is 0 Å². The Kier molecular flexibility index (Phi) is 3.48. The van der Waals surface area contributed by atoms with Gasteiger partial charge in [0.05, 0.1) is 12.7 Å². The van der Waals surface area contributed by atoms with Crippen molar-refractivity contribution in [2.75, 3.05) is 18.1 Å². The van der Waals surface area contributed by atoms with Gasteiger partial charge in [0.15, 0.2) is 0 Å². The summed E-state index contributed by atoms with van der Waals surface area (Å²) >= 11 is 0. The predicted octanol–water partition coefficient (Wildman–Crippen LogP) is 2.42. The van der Waals surface area contributed by atoms with Crippen LogP contribution < -0.4 is 4.90 Å². The van der Waals surface area contributed by atoms with E-state index < -0.39 is 0 Å². The molecule has 0 saturated carbocycles. The molecule has 1 fully saturated rings. The molecule has 17 heavy (non-hydrogen) atoms. The number of hydrogen-bond acceptors (Lipinski definition) is 3. The molecule has 0 aromatic heterocycles. The number of rotatable bonds is 2. The zero-order valence-corrected chi connectivity index (χ0v) is 10.6. The lowest BCUT2D eigenvalue weighted by Crippen LogP contribution is -2.47. The monoisotopic (exact) mass is 233 g/mol. The number of morpholine rings is 1. The molecule has 1 aromatic carbocycles. The third kappa shape index (κ3) is 2.50. The summed E-state index contributed by atoms with van der Waals surface area (Å²) in [7, 11) is 0. The molecule has 0 N–H and O–H groups in total. The maximum atomic E-state index is 10.8. The molecule has 1 heterocycles. The molecule has 3 nitrogen and oxygen atoms in total. The van der Waals surface area contributed by atoms with Crippen molar-refractivity contribution in [3.05, 3.63) is 29.3 Å². The average molecular weight is 233 g/mol. The quantitative estimate of drug-likeness (QED) is 0.735. The van der Waals surface area contributed by atoms with Gasteiger partial charge in [-0.05, 0) is 44.5 Å². The molecule has 92 valence electrons. The molecule has 1 aliphatic heterocycles. The zero-order chi connectivity index (χ0) is 12.4. The molecular formula is C14H19NO2. The lowest BCUT2D eigenvalue weighted by Gasteiger charge is -2.38. The number of benzene rings is 1. The van der Waals surface area contributed by atoms with E-state index in [2.05, 4.69) is 24.8 Å². The van der Waals surface area contributed by atoms with Crippen molar-refractivity contribution in [2.45, 2.75) is 32.9 Å². The van der Waals surface area contributed by atoms with Crippen molar-refractivity contribution < 1.29 is 9.53 Å². The highest BCUT2D eigenvalue weighted by atomic mass is 16.5. The lowest BCUT2D eigenvalue weighted by molar-refractivity contribution is 0.0344. The molecule has 0 spiro atoms. The van der Waals surface area contributed by atoms with Crippen LogP contribution in [0.2, 0.25) is 0 Å². The first kappa shape index (κ1) is 12.1. The van der Waals surface area contributed by atoms with Crippen LogP contribution in [0.3, 0.4) is 0 Å². The summed E-state index contributed by atoms with van der Waals surface area (Å²) in [4.78, 5) is 13.1. The first-order chi connectivity index (χ1) is 8.11. The van der Waals surface area contributed by atoms with E-state index in [4.69, 9.17) is 4.74 Å². The summed E-state index contributed by atoms with van der Waals surface area (Å²) in [6, 6.07) is 6.38. The van der Waals surface area contributed by atoms with Crippen LogP contribution in [-0.2, 0) is 4.74 Å². The minimum absolute atomic E-state index is 0.261. The van der Waals surface area contributed by atoms with Gasteiger partial charge in [-0.1, -0.05) is 0 Å². The van der Waals surface area contributed by atoms with Gasteiger partial charge in [-0.2, -0.15) is 0 Å². The number of ether oxygens (including phenoxy) is 1. The number of aryl methyl sites for hydroxylation is 1. The number of hydrogen-bond donors (Lipinski definition) is 0. The Labute approximate surface area is 102 Å². The van der Waals surface area contributed by atoms with E-state index in [9.17, 15) is 4.79 Å². The highest BCUT2D eigenvalue weighted by Crippen LogP contribution is 2.23. The molecule has 1 aromatic rings. The van der Waals surface area contributed by atoms with Crippen LogP contribution in [0.15, 0.2) is 18.2 Å². The van der Waals surface area contributed by atoms with Gasteiger partial charge in [0, 0.05) is 23.8 Å². The van der Waals surface area contributed by atoms with Gasteiger partial charge < -0.3 is 9.64 Å². The second kappa shape index (κ2) is 4.88. The van der Waals surface area contributed by atoms with E-state index in [0.29, 0.717) is 6.04 Å². The van der Waals surface area contributed by atoms with Crippen LogP contribution in [0.1, 0.15) is 29.8 Å². The van der Waals surface area contributed by atoms with Gasteiger partial charge in [-0.25, -0.2) is 0 Å². The van der Waals surface area contributed by atoms with E-state index in [1.165, 1.54) is 5.69 Å². The van der Waals surface area contributed by atoms with Crippen LogP contribution >= 0.6 is 0 Å². The van der Waals surface area contributed by atoms with Gasteiger partial charge in [0.1, 0.15) is 6.29 Å². The maximum absolute atomic E-state index is 10.8. The normalized spacial score (nSPS) is 24.8. The fourth-order valence-corrected chi connectivity index (χ4v) is 2.23. The number of anilines is 1. The molecule has 1 saturated heterocycles. The van der Waals surface area contributed by atoms with Crippen molar-refractivity contribution in [3.8, 4) is 0 Å². The number of nitrogens with zero attached hydrogens (tertiary/aromatic N) is 1. The first-order valence-corrected chi connectivity index (χ1v) is 6.06. The Morgan fingerprint density at radius 2 is 2.18 bits per heavy atom. The van der Waals surface area contributed by atoms with Crippen LogP contribution in [0.4, 0.5) is 5.69 Å². The fourth-order valence-electron chi connectivity index (χ4n) is 2.23. The van der Waals surface area contributed by atoms with Crippen molar-refractivity contribution in [1.29, 1.82) is 0 Å². The Morgan fingerprint density at radius 1 is 1.41 bits per heavy atom. The Hall–Kier alpha value is -1.35. The van der Waals surface area contributed by atoms with Gasteiger partial charge in [-0.15, -0.1) is 0 Å². The average Bonchev–Trinajstić information content (AvgIpc) is 2.32. The van der Waals surface area contributed by atoms with E-state index in [-0.39, 0.29) is 6.10 Å². The molecule has 3 heteroatoms. The van der Waals surface area contributed by atoms with Crippen LogP contribution in [-0.4, -0.2) is 31.6 Å². The molecule has 1 aliphatic rings. The van der Waals surface area contributed by atoms with E-state index in [1.807, 2.05) is 19.1 Å². The molecule has 0 aliphatic carbocycles. The van der Waals surface area contributed by atoms with Gasteiger partial charge >= 0.3 is 0 Å². The Bertz CT molecular complexity index is 417. The molecule has 0 bridgehead atoms. The van der Waals surface area contributed by atoms with Crippen molar-refractivity contribution in [3.63, 3.8) is 0 Å². The van der Waals surface area contributed by atoms with Crippen LogP contribution in [0.5, 0.6) is 0 Å². The highest BCUT2D eigenvalue weighted by Gasteiger charge is 2.23. The topological polar surface area (TPSA) is 29.5 Å². The van der Waals surface area contributed by atoms with Crippen molar-refractivity contribution in [2.24, 2.45) is 0 Å². The summed E-state index contributed by atoms with van der Waals surface area (Å²) in [6.07, 6.45) is 1.17. The molecule has 2 unspecified atom stereocenters. The largest absolute Gasteiger partial charge is 0.375 e. The minimum atomic E-state index is 0.261. The SMILES string of the molecule is Cc1cc(N2CC(C)OCC2C)ccc1C=O.